The first kappa shape index (κ1) is 15.0. The molecule has 5 nitrogen and oxygen atoms in total. The number of primary amides is 1. The van der Waals surface area contributed by atoms with Crippen LogP contribution in [0.15, 0.2) is 0 Å². The van der Waals surface area contributed by atoms with E-state index >= 15 is 0 Å². The average Bonchev–Trinajstić information content (AvgIpc) is 2.28. The van der Waals surface area contributed by atoms with Crippen LogP contribution in [0.4, 0.5) is 0 Å². The fourth-order valence-electron chi connectivity index (χ4n) is 2.46. The highest BCUT2D eigenvalue weighted by atomic mass is 16.4. The summed E-state index contributed by atoms with van der Waals surface area (Å²) in [7, 11) is 0. The Labute approximate surface area is 108 Å². The summed E-state index contributed by atoms with van der Waals surface area (Å²) < 4.78 is 0. The summed E-state index contributed by atoms with van der Waals surface area (Å²) in [6, 6.07) is 0. The number of carbonyl (C=O) groups excluding carboxylic acids is 1. The van der Waals surface area contributed by atoms with Gasteiger partial charge in [0.1, 0.15) is 0 Å². The van der Waals surface area contributed by atoms with Crippen molar-refractivity contribution >= 4 is 11.9 Å². The lowest BCUT2D eigenvalue weighted by Gasteiger charge is -2.39. The van der Waals surface area contributed by atoms with E-state index in [2.05, 4.69) is 4.90 Å². The molecule has 2 atom stereocenters. The van der Waals surface area contributed by atoms with Crippen molar-refractivity contribution in [2.75, 3.05) is 19.6 Å². The van der Waals surface area contributed by atoms with Crippen molar-refractivity contribution in [3.8, 4) is 0 Å². The van der Waals surface area contributed by atoms with Crippen LogP contribution in [0.25, 0.3) is 0 Å². The van der Waals surface area contributed by atoms with E-state index in [1.807, 2.05) is 6.92 Å². The van der Waals surface area contributed by atoms with Crippen molar-refractivity contribution in [1.82, 2.24) is 4.90 Å². The second kappa shape index (κ2) is 5.69. The molecule has 0 aromatic rings. The summed E-state index contributed by atoms with van der Waals surface area (Å²) in [5.41, 5.74) is 4.55. The van der Waals surface area contributed by atoms with E-state index in [1.165, 1.54) is 0 Å². The zero-order valence-electron chi connectivity index (χ0n) is 11.5. The van der Waals surface area contributed by atoms with Crippen LogP contribution in [0.3, 0.4) is 0 Å². The number of nitrogens with two attached hydrogens (primary N) is 1. The lowest BCUT2D eigenvalue weighted by molar-refractivity contribution is -0.151. The molecular weight excluding hydrogens is 232 g/mol. The lowest BCUT2D eigenvalue weighted by Crippen LogP contribution is -2.46. The number of amides is 1. The number of piperidine rings is 1. The number of nitrogens with zero attached hydrogens (tertiary/aromatic N) is 1. The van der Waals surface area contributed by atoms with Gasteiger partial charge in [0.2, 0.25) is 5.91 Å². The Morgan fingerprint density at radius 1 is 1.50 bits per heavy atom. The standard InChI is InChI=1S/C13H24N2O3/c1-9(11(14)16)7-15-6-4-5-10(8-15)13(2,3)12(17)18/h9-10H,4-8H2,1-3H3,(H2,14,16)(H,17,18). The molecule has 0 aliphatic carbocycles. The van der Waals surface area contributed by atoms with Crippen LogP contribution in [0.2, 0.25) is 0 Å². The predicted octanol–water partition coefficient (Wildman–Crippen LogP) is 0.931. The number of likely N-dealkylation sites (tertiary alicyclic amines) is 1. The van der Waals surface area contributed by atoms with Gasteiger partial charge in [-0.2, -0.15) is 0 Å². The molecule has 1 aliphatic heterocycles. The molecule has 1 amide bonds. The summed E-state index contributed by atoms with van der Waals surface area (Å²) in [6.07, 6.45) is 1.91. The molecule has 0 spiro atoms. The average molecular weight is 256 g/mol. The van der Waals surface area contributed by atoms with E-state index in [4.69, 9.17) is 5.73 Å². The molecule has 1 saturated heterocycles. The molecule has 1 fully saturated rings. The van der Waals surface area contributed by atoms with Crippen molar-refractivity contribution in [3.05, 3.63) is 0 Å². The van der Waals surface area contributed by atoms with E-state index in [-0.39, 0.29) is 17.7 Å². The molecule has 0 radical (unpaired) electrons. The van der Waals surface area contributed by atoms with Gasteiger partial charge in [0.05, 0.1) is 5.41 Å². The van der Waals surface area contributed by atoms with Gasteiger partial charge in [-0.1, -0.05) is 6.92 Å². The fourth-order valence-corrected chi connectivity index (χ4v) is 2.46. The number of aliphatic carboxylic acids is 1. The van der Waals surface area contributed by atoms with Gasteiger partial charge < -0.3 is 15.7 Å². The Hall–Kier alpha value is -1.10. The Morgan fingerprint density at radius 3 is 2.61 bits per heavy atom. The van der Waals surface area contributed by atoms with Gasteiger partial charge >= 0.3 is 5.97 Å². The van der Waals surface area contributed by atoms with Crippen LogP contribution in [0, 0.1) is 17.3 Å². The summed E-state index contributed by atoms with van der Waals surface area (Å²) in [4.78, 5) is 24.5. The van der Waals surface area contributed by atoms with Crippen molar-refractivity contribution in [2.45, 2.75) is 33.6 Å². The Bertz CT molecular complexity index is 328. The first-order valence-electron chi connectivity index (χ1n) is 6.50. The van der Waals surface area contributed by atoms with Gasteiger partial charge in [-0.25, -0.2) is 0 Å². The quantitative estimate of drug-likeness (QED) is 0.766. The molecule has 1 heterocycles. The third kappa shape index (κ3) is 3.45. The third-order valence-electron chi connectivity index (χ3n) is 4.10. The van der Waals surface area contributed by atoms with E-state index in [9.17, 15) is 14.7 Å². The smallest absolute Gasteiger partial charge is 0.309 e. The van der Waals surface area contributed by atoms with Gasteiger partial charge in [-0.3, -0.25) is 9.59 Å². The van der Waals surface area contributed by atoms with Crippen molar-refractivity contribution in [2.24, 2.45) is 23.0 Å². The molecule has 2 unspecified atom stereocenters. The lowest BCUT2D eigenvalue weighted by atomic mass is 9.74. The maximum absolute atomic E-state index is 11.3. The Kier molecular flexibility index (Phi) is 4.73. The second-order valence-corrected chi connectivity index (χ2v) is 5.93. The van der Waals surface area contributed by atoms with Crippen LogP contribution in [-0.4, -0.2) is 41.5 Å². The zero-order chi connectivity index (χ0) is 13.9. The van der Waals surface area contributed by atoms with Crippen LogP contribution in [0.1, 0.15) is 33.6 Å². The molecule has 5 heteroatoms. The monoisotopic (exact) mass is 256 g/mol. The molecular formula is C13H24N2O3. The Morgan fingerprint density at radius 2 is 2.11 bits per heavy atom. The molecule has 0 saturated carbocycles. The van der Waals surface area contributed by atoms with Gasteiger partial charge in [0, 0.05) is 19.0 Å². The maximum atomic E-state index is 11.3. The molecule has 104 valence electrons. The molecule has 18 heavy (non-hydrogen) atoms. The minimum atomic E-state index is -0.753. The second-order valence-electron chi connectivity index (χ2n) is 5.93. The number of carboxylic acids is 1. The van der Waals surface area contributed by atoms with Gasteiger partial charge in [-0.15, -0.1) is 0 Å². The SMILES string of the molecule is CC(CN1CCCC(C(C)(C)C(=O)O)C1)C(N)=O. The molecule has 1 aliphatic rings. The molecule has 0 bridgehead atoms. The summed E-state index contributed by atoms with van der Waals surface area (Å²) in [5, 5.41) is 9.26. The summed E-state index contributed by atoms with van der Waals surface area (Å²) >= 11 is 0. The first-order chi connectivity index (χ1) is 8.25. The minimum Gasteiger partial charge on any atom is -0.481 e. The molecule has 0 aromatic carbocycles. The van der Waals surface area contributed by atoms with Crippen LogP contribution >= 0.6 is 0 Å². The van der Waals surface area contributed by atoms with Crippen molar-refractivity contribution in [3.63, 3.8) is 0 Å². The first-order valence-corrected chi connectivity index (χ1v) is 6.50. The summed E-state index contributed by atoms with van der Waals surface area (Å²) in [6.45, 7) is 7.65. The van der Waals surface area contributed by atoms with Gasteiger partial charge in [0.15, 0.2) is 0 Å². The highest BCUT2D eigenvalue weighted by molar-refractivity contribution is 5.76. The molecule has 0 aromatic heterocycles. The highest BCUT2D eigenvalue weighted by Gasteiger charge is 2.39. The van der Waals surface area contributed by atoms with E-state index in [0.717, 1.165) is 25.9 Å². The summed E-state index contributed by atoms with van der Waals surface area (Å²) in [5.74, 6) is -1.10. The van der Waals surface area contributed by atoms with E-state index < -0.39 is 11.4 Å². The van der Waals surface area contributed by atoms with Crippen LogP contribution in [-0.2, 0) is 9.59 Å². The Balaban J connectivity index is 2.61. The topological polar surface area (TPSA) is 83.6 Å². The normalized spacial score (nSPS) is 23.6. The zero-order valence-corrected chi connectivity index (χ0v) is 11.5. The maximum Gasteiger partial charge on any atom is 0.309 e. The number of carboxylic acid groups (broad SMARTS) is 1. The largest absolute Gasteiger partial charge is 0.481 e. The van der Waals surface area contributed by atoms with Crippen molar-refractivity contribution in [1.29, 1.82) is 0 Å². The fraction of sp³-hybridized carbons (Fsp3) is 0.846. The van der Waals surface area contributed by atoms with E-state index in [1.54, 1.807) is 13.8 Å². The molecule has 3 N–H and O–H groups in total. The van der Waals surface area contributed by atoms with Crippen LogP contribution < -0.4 is 5.73 Å². The number of carbonyl (C=O) groups is 2. The number of rotatable bonds is 5. The van der Waals surface area contributed by atoms with Gasteiger partial charge in [-0.05, 0) is 39.2 Å². The molecule has 1 rings (SSSR count). The predicted molar refractivity (Wildman–Crippen MR) is 68.9 cm³/mol. The third-order valence-corrected chi connectivity index (χ3v) is 4.10. The number of hydrogen-bond donors (Lipinski definition) is 2. The van der Waals surface area contributed by atoms with Crippen molar-refractivity contribution < 1.29 is 14.7 Å². The van der Waals surface area contributed by atoms with Gasteiger partial charge in [0.25, 0.3) is 0 Å². The number of hydrogen-bond acceptors (Lipinski definition) is 3. The highest BCUT2D eigenvalue weighted by Crippen LogP contribution is 2.34. The minimum absolute atomic E-state index is 0.129. The van der Waals surface area contributed by atoms with E-state index in [0.29, 0.717) is 6.54 Å². The van der Waals surface area contributed by atoms with Crippen LogP contribution in [0.5, 0.6) is 0 Å².